The fourth-order valence-corrected chi connectivity index (χ4v) is 5.25. The number of rotatable bonds is 4. The van der Waals surface area contributed by atoms with Crippen LogP contribution in [0.1, 0.15) is 42.8 Å². The van der Waals surface area contributed by atoms with Crippen LogP contribution in [0.4, 0.5) is 0 Å². The number of likely N-dealkylation sites (tertiary alicyclic amines) is 2. The third-order valence-corrected chi connectivity index (χ3v) is 7.12. The van der Waals surface area contributed by atoms with E-state index in [4.69, 9.17) is 4.74 Å². The maximum Gasteiger partial charge on any atom is 0.242 e. The fraction of sp³-hybridized carbons (Fsp3) is 0.750. The summed E-state index contributed by atoms with van der Waals surface area (Å²) in [4.78, 5) is 35.8. The molecule has 1 spiro atoms. The van der Waals surface area contributed by atoms with Crippen LogP contribution in [-0.4, -0.2) is 83.0 Å². The number of aryl methyl sites for hydroxylation is 1. The van der Waals surface area contributed by atoms with Crippen molar-refractivity contribution in [2.24, 2.45) is 0 Å². The van der Waals surface area contributed by atoms with Crippen molar-refractivity contribution in [3.8, 4) is 0 Å². The summed E-state index contributed by atoms with van der Waals surface area (Å²) in [5.41, 5.74) is 0.715. The Balaban J connectivity index is 1.30. The molecule has 7 nitrogen and oxygen atoms in total. The summed E-state index contributed by atoms with van der Waals surface area (Å²) in [7, 11) is 0. The molecule has 4 heterocycles. The van der Waals surface area contributed by atoms with Gasteiger partial charge in [0.25, 0.3) is 0 Å². The molecular weight excluding hydrogens is 376 g/mol. The van der Waals surface area contributed by atoms with Crippen LogP contribution in [0.15, 0.2) is 5.38 Å². The van der Waals surface area contributed by atoms with Gasteiger partial charge in [-0.15, -0.1) is 11.3 Å². The zero-order chi connectivity index (χ0) is 19.6. The molecule has 3 fully saturated rings. The minimum absolute atomic E-state index is 0.0639. The SMILES string of the molecule is Cc1csc(CN2CCC3(CC2)CC(=O)N(CC(=O)N2CCCC2)CCO3)n1. The number of ether oxygens (including phenoxy) is 1. The van der Waals surface area contributed by atoms with Crippen LogP contribution in [0.25, 0.3) is 0 Å². The van der Waals surface area contributed by atoms with Crippen LogP contribution >= 0.6 is 11.3 Å². The number of aromatic nitrogens is 1. The highest BCUT2D eigenvalue weighted by Crippen LogP contribution is 2.33. The van der Waals surface area contributed by atoms with Gasteiger partial charge in [0.1, 0.15) is 5.01 Å². The number of carbonyl (C=O) groups is 2. The first-order valence-corrected chi connectivity index (χ1v) is 11.2. The second kappa shape index (κ2) is 8.47. The zero-order valence-corrected chi connectivity index (χ0v) is 17.5. The Kier molecular flexibility index (Phi) is 5.99. The Morgan fingerprint density at radius 1 is 1.21 bits per heavy atom. The van der Waals surface area contributed by atoms with Crippen molar-refractivity contribution in [2.75, 3.05) is 45.9 Å². The molecule has 8 heteroatoms. The summed E-state index contributed by atoms with van der Waals surface area (Å²) in [5, 5.41) is 3.24. The van der Waals surface area contributed by atoms with Gasteiger partial charge in [0.2, 0.25) is 11.8 Å². The highest BCUT2D eigenvalue weighted by atomic mass is 32.1. The molecule has 1 aromatic rings. The van der Waals surface area contributed by atoms with Crippen molar-refractivity contribution in [3.63, 3.8) is 0 Å². The van der Waals surface area contributed by atoms with Gasteiger partial charge in [0.15, 0.2) is 0 Å². The summed E-state index contributed by atoms with van der Waals surface area (Å²) in [6, 6.07) is 0. The van der Waals surface area contributed by atoms with Crippen LogP contribution < -0.4 is 0 Å². The van der Waals surface area contributed by atoms with Crippen molar-refractivity contribution in [1.82, 2.24) is 19.7 Å². The number of hydrogen-bond acceptors (Lipinski definition) is 6. The van der Waals surface area contributed by atoms with Crippen molar-refractivity contribution in [3.05, 3.63) is 16.1 Å². The number of carbonyl (C=O) groups excluding carboxylic acids is 2. The lowest BCUT2D eigenvalue weighted by atomic mass is 9.87. The Hall–Kier alpha value is -1.51. The van der Waals surface area contributed by atoms with E-state index in [1.54, 1.807) is 16.2 Å². The molecule has 0 radical (unpaired) electrons. The number of amides is 2. The molecule has 0 aliphatic carbocycles. The van der Waals surface area contributed by atoms with Gasteiger partial charge < -0.3 is 14.5 Å². The number of thiazole rings is 1. The first kappa shape index (κ1) is 19.8. The van der Waals surface area contributed by atoms with Gasteiger partial charge in [-0.05, 0) is 32.6 Å². The van der Waals surface area contributed by atoms with Crippen molar-refractivity contribution in [1.29, 1.82) is 0 Å². The van der Waals surface area contributed by atoms with Crippen molar-refractivity contribution in [2.45, 2.75) is 51.2 Å². The first-order valence-electron chi connectivity index (χ1n) is 10.4. The third kappa shape index (κ3) is 4.55. The molecule has 2 amide bonds. The highest BCUT2D eigenvalue weighted by Gasteiger charge is 2.41. The number of nitrogens with zero attached hydrogens (tertiary/aromatic N) is 4. The summed E-state index contributed by atoms with van der Waals surface area (Å²) in [6.45, 7) is 7.62. The molecule has 3 aliphatic heterocycles. The molecule has 28 heavy (non-hydrogen) atoms. The largest absolute Gasteiger partial charge is 0.373 e. The van der Waals surface area contributed by atoms with E-state index in [1.807, 2.05) is 11.8 Å². The van der Waals surface area contributed by atoms with E-state index in [0.717, 1.165) is 69.1 Å². The fourth-order valence-electron chi connectivity index (χ4n) is 4.44. The second-order valence-corrected chi connectivity index (χ2v) is 9.21. The summed E-state index contributed by atoms with van der Waals surface area (Å²) in [5.74, 6) is 0.143. The van der Waals surface area contributed by atoms with E-state index < -0.39 is 0 Å². The average molecular weight is 407 g/mol. The molecule has 1 aromatic heterocycles. The van der Waals surface area contributed by atoms with Crippen LogP contribution in [0.3, 0.4) is 0 Å². The second-order valence-electron chi connectivity index (χ2n) is 8.27. The van der Waals surface area contributed by atoms with E-state index in [0.29, 0.717) is 19.6 Å². The lowest BCUT2D eigenvalue weighted by Gasteiger charge is -2.40. The van der Waals surface area contributed by atoms with Gasteiger partial charge >= 0.3 is 0 Å². The summed E-state index contributed by atoms with van der Waals surface area (Å²) < 4.78 is 6.21. The predicted octanol–water partition coefficient (Wildman–Crippen LogP) is 1.66. The van der Waals surface area contributed by atoms with Gasteiger partial charge in [-0.2, -0.15) is 0 Å². The molecule has 0 N–H and O–H groups in total. The molecule has 3 aliphatic rings. The molecular formula is C20H30N4O3S. The summed E-state index contributed by atoms with van der Waals surface area (Å²) in [6.07, 6.45) is 4.25. The minimum Gasteiger partial charge on any atom is -0.373 e. The van der Waals surface area contributed by atoms with Crippen LogP contribution in [0, 0.1) is 6.92 Å². The van der Waals surface area contributed by atoms with Gasteiger partial charge in [0.05, 0.1) is 31.7 Å². The number of piperidine rings is 1. The van der Waals surface area contributed by atoms with Crippen LogP contribution in [0.5, 0.6) is 0 Å². The van der Waals surface area contributed by atoms with Crippen molar-refractivity contribution < 1.29 is 14.3 Å². The standard InChI is InChI=1S/C20H30N4O3S/c1-16-15-28-17(21-16)13-22-8-4-20(5-9-22)12-18(25)24(10-11-27-20)14-19(26)23-6-2-3-7-23/h15H,2-14H2,1H3. The van der Waals surface area contributed by atoms with Gasteiger partial charge in [-0.25, -0.2) is 4.98 Å². The highest BCUT2D eigenvalue weighted by molar-refractivity contribution is 7.09. The maximum absolute atomic E-state index is 12.9. The van der Waals surface area contributed by atoms with Crippen molar-refractivity contribution >= 4 is 23.2 Å². The van der Waals surface area contributed by atoms with Crippen LogP contribution in [-0.2, 0) is 20.9 Å². The third-order valence-electron chi connectivity index (χ3n) is 6.17. The summed E-state index contributed by atoms with van der Waals surface area (Å²) >= 11 is 1.71. The molecule has 0 atom stereocenters. The van der Waals surface area contributed by atoms with E-state index in [9.17, 15) is 9.59 Å². The Labute approximate surface area is 170 Å². The topological polar surface area (TPSA) is 66.0 Å². The Morgan fingerprint density at radius 2 is 1.96 bits per heavy atom. The maximum atomic E-state index is 12.9. The molecule has 0 aromatic carbocycles. The first-order chi connectivity index (χ1) is 13.5. The molecule has 0 bridgehead atoms. The van der Waals surface area contributed by atoms with Crippen LogP contribution in [0.2, 0.25) is 0 Å². The molecule has 4 rings (SSSR count). The van der Waals surface area contributed by atoms with Gasteiger partial charge in [-0.3, -0.25) is 14.5 Å². The van der Waals surface area contributed by atoms with Gasteiger partial charge in [0, 0.05) is 43.8 Å². The van der Waals surface area contributed by atoms with E-state index >= 15 is 0 Å². The lowest BCUT2D eigenvalue weighted by molar-refractivity contribution is -0.141. The predicted molar refractivity (Wildman–Crippen MR) is 107 cm³/mol. The van der Waals surface area contributed by atoms with E-state index in [1.165, 1.54) is 0 Å². The number of hydrogen-bond donors (Lipinski definition) is 0. The smallest absolute Gasteiger partial charge is 0.242 e. The molecule has 0 saturated carbocycles. The monoisotopic (exact) mass is 406 g/mol. The normalized spacial score (nSPS) is 23.4. The van der Waals surface area contributed by atoms with E-state index in [2.05, 4.69) is 15.3 Å². The Bertz CT molecular complexity index is 708. The quantitative estimate of drug-likeness (QED) is 0.761. The zero-order valence-electron chi connectivity index (χ0n) is 16.7. The minimum atomic E-state index is -0.363. The molecule has 154 valence electrons. The Morgan fingerprint density at radius 3 is 2.64 bits per heavy atom. The molecule has 3 saturated heterocycles. The molecule has 0 unspecified atom stereocenters. The van der Waals surface area contributed by atoms with E-state index in [-0.39, 0.29) is 24.0 Å². The lowest BCUT2D eigenvalue weighted by Crippen LogP contribution is -2.47. The van der Waals surface area contributed by atoms with Gasteiger partial charge in [-0.1, -0.05) is 0 Å². The average Bonchev–Trinajstić information content (AvgIpc) is 3.32.